The molecular formula is C26H60N2O8Si4. The molecule has 0 aliphatic carbocycles. The molecule has 10 nitrogen and oxygen atoms in total. The summed E-state index contributed by atoms with van der Waals surface area (Å²) in [5.74, 6) is 0.470. The zero-order valence-electron chi connectivity index (χ0n) is 26.9. The molecule has 0 bridgehead atoms. The molecule has 2 rings (SSSR count). The summed E-state index contributed by atoms with van der Waals surface area (Å²) >= 11 is 0. The molecule has 0 radical (unpaired) electrons. The largest absolute Gasteiger partial charge is 0.397 e. The van der Waals surface area contributed by atoms with Crippen LogP contribution in [0.4, 0.5) is 0 Å². The zero-order valence-corrected chi connectivity index (χ0v) is 31.8. The zero-order chi connectivity index (χ0) is 29.6. The second kappa shape index (κ2) is 19.0. The number of ether oxygens (including phenoxy) is 4. The van der Waals surface area contributed by atoms with E-state index in [9.17, 15) is 0 Å². The first-order valence-corrected chi connectivity index (χ1v) is 23.8. The number of hydrogen-bond donors (Lipinski definition) is 0. The molecule has 2 fully saturated rings. The predicted octanol–water partition coefficient (Wildman–Crippen LogP) is 1.29. The predicted molar refractivity (Wildman–Crippen MR) is 169 cm³/mol. The second-order valence-corrected chi connectivity index (χ2v) is 21.7. The summed E-state index contributed by atoms with van der Waals surface area (Å²) in [5, 5.41) is 0. The summed E-state index contributed by atoms with van der Waals surface area (Å²) in [5.41, 5.74) is 0. The first kappa shape index (κ1) is 36.7. The summed E-state index contributed by atoms with van der Waals surface area (Å²) in [7, 11) is 5.21. The van der Waals surface area contributed by atoms with Crippen LogP contribution in [-0.4, -0.2) is 150 Å². The van der Waals surface area contributed by atoms with Crippen molar-refractivity contribution in [3.8, 4) is 0 Å². The van der Waals surface area contributed by atoms with Crippen LogP contribution in [0, 0.1) is 5.92 Å². The van der Waals surface area contributed by atoms with Crippen LogP contribution in [0.5, 0.6) is 0 Å². The highest BCUT2D eigenvalue weighted by Crippen LogP contribution is 2.27. The molecule has 2 saturated heterocycles. The van der Waals surface area contributed by atoms with Crippen LogP contribution >= 0.6 is 0 Å². The molecule has 0 amide bonds. The number of rotatable bonds is 20. The number of nitrogens with zero attached hydrogens (tertiary/aromatic N) is 2. The smallest absolute Gasteiger partial charge is 0.349 e. The molecule has 0 spiro atoms. The van der Waals surface area contributed by atoms with E-state index in [0.29, 0.717) is 5.92 Å². The van der Waals surface area contributed by atoms with Crippen LogP contribution in [0.2, 0.25) is 13.1 Å². The fourth-order valence-electron chi connectivity index (χ4n) is 5.94. The van der Waals surface area contributed by atoms with Crippen LogP contribution in [-0.2, 0) is 36.7 Å². The van der Waals surface area contributed by atoms with E-state index in [4.69, 9.17) is 36.7 Å². The third-order valence-electron chi connectivity index (χ3n) is 8.59. The third-order valence-corrected chi connectivity index (χ3v) is 18.0. The summed E-state index contributed by atoms with van der Waals surface area (Å²) in [6, 6.07) is 0. The van der Waals surface area contributed by atoms with E-state index in [1.54, 1.807) is 28.4 Å². The molecule has 5 atom stereocenters. The maximum absolute atomic E-state index is 6.61. The highest BCUT2D eigenvalue weighted by Gasteiger charge is 2.43. The molecule has 0 aromatic rings. The van der Waals surface area contributed by atoms with Crippen LogP contribution in [0.3, 0.4) is 0 Å². The van der Waals surface area contributed by atoms with E-state index >= 15 is 0 Å². The minimum Gasteiger partial charge on any atom is -0.397 e. The van der Waals surface area contributed by atoms with Gasteiger partial charge in [0.2, 0.25) is 0 Å². The van der Waals surface area contributed by atoms with E-state index < -0.39 is 36.2 Å². The van der Waals surface area contributed by atoms with Crippen molar-refractivity contribution in [1.29, 1.82) is 0 Å². The molecular weight excluding hydrogens is 581 g/mol. The van der Waals surface area contributed by atoms with Gasteiger partial charge in [-0.1, -0.05) is 32.6 Å². The van der Waals surface area contributed by atoms with Gasteiger partial charge in [0.1, 0.15) is 30.9 Å². The lowest BCUT2D eigenvalue weighted by Gasteiger charge is -2.44. The molecule has 2 aliphatic rings. The number of hydrogen-bond acceptors (Lipinski definition) is 10. The van der Waals surface area contributed by atoms with Gasteiger partial charge in [-0.2, -0.15) is 0 Å². The van der Waals surface area contributed by atoms with Gasteiger partial charge in [-0.3, -0.25) is 0 Å². The van der Waals surface area contributed by atoms with Gasteiger partial charge in [-0.15, -0.1) is 0 Å². The van der Waals surface area contributed by atoms with Crippen molar-refractivity contribution in [2.45, 2.75) is 82.6 Å². The average Bonchev–Trinajstić information content (AvgIpc) is 2.95. The lowest BCUT2D eigenvalue weighted by molar-refractivity contribution is -0.0457. The highest BCUT2D eigenvalue weighted by atomic mass is 28.4. The van der Waals surface area contributed by atoms with Gasteiger partial charge in [-0.05, 0) is 44.2 Å². The normalized spacial score (nSPS) is 30.1. The Morgan fingerprint density at radius 1 is 0.725 bits per heavy atom. The Labute approximate surface area is 251 Å². The van der Waals surface area contributed by atoms with Gasteiger partial charge in [0.15, 0.2) is 0 Å². The van der Waals surface area contributed by atoms with Crippen molar-refractivity contribution in [1.82, 2.24) is 9.80 Å². The average molecular weight is 641 g/mol. The Bertz CT molecular complexity index is 685. The van der Waals surface area contributed by atoms with E-state index in [0.717, 1.165) is 44.2 Å². The van der Waals surface area contributed by atoms with Gasteiger partial charge in [0.25, 0.3) is 0 Å². The van der Waals surface area contributed by atoms with E-state index in [-0.39, 0.29) is 24.0 Å². The van der Waals surface area contributed by atoms with Crippen LogP contribution in [0.1, 0.15) is 45.4 Å². The Kier molecular flexibility index (Phi) is 17.4. The third kappa shape index (κ3) is 12.6. The van der Waals surface area contributed by atoms with Crippen molar-refractivity contribution < 1.29 is 36.7 Å². The molecule has 0 N–H and O–H groups in total. The van der Waals surface area contributed by atoms with Crippen LogP contribution in [0.15, 0.2) is 0 Å². The highest BCUT2D eigenvalue weighted by molar-refractivity contribution is 6.66. The topological polar surface area (TPSA) is 80.3 Å². The van der Waals surface area contributed by atoms with Gasteiger partial charge in [0, 0.05) is 68.1 Å². The fourth-order valence-corrected chi connectivity index (χ4v) is 14.0. The van der Waals surface area contributed by atoms with E-state index in [1.807, 2.05) is 14.2 Å². The molecule has 40 heavy (non-hydrogen) atoms. The van der Waals surface area contributed by atoms with E-state index in [2.05, 4.69) is 29.8 Å². The molecule has 0 saturated carbocycles. The lowest BCUT2D eigenvalue weighted by Crippen LogP contribution is -2.61. The summed E-state index contributed by atoms with van der Waals surface area (Å²) in [4.78, 5) is 5.09. The maximum Gasteiger partial charge on any atom is 0.349 e. The van der Waals surface area contributed by atoms with Crippen molar-refractivity contribution in [2.75, 3.05) is 80.4 Å². The van der Waals surface area contributed by atoms with Gasteiger partial charge < -0.3 is 46.5 Å². The Balaban J connectivity index is 1.73. The Morgan fingerprint density at radius 2 is 1.23 bits per heavy atom. The summed E-state index contributed by atoms with van der Waals surface area (Å²) in [6.07, 6.45) is 11.7. The molecule has 0 aromatic heterocycles. The van der Waals surface area contributed by atoms with Crippen LogP contribution in [0.25, 0.3) is 0 Å². The summed E-state index contributed by atoms with van der Waals surface area (Å²) < 4.78 is 46.7. The van der Waals surface area contributed by atoms with Crippen molar-refractivity contribution in [3.63, 3.8) is 0 Å². The molecule has 238 valence electrons. The minimum atomic E-state index is -2.18. The molecule has 2 heterocycles. The van der Waals surface area contributed by atoms with Gasteiger partial charge >= 0.3 is 17.1 Å². The summed E-state index contributed by atoms with van der Waals surface area (Å²) in [6.45, 7) is 8.72. The number of methoxy groups -OCH3 is 4. The standard InChI is InChI=1S/C26H60N2O8Si4/c1-22(24-17-28(19-38-26(31-4)32-5)21-40(9,34-7)36-24)14-12-10-11-13-15-23-16-27(18-37-25(29-2)30-3)20-39(8,33-6)35-23/h22-26H,10-21,37-38H2,1-9H3. The van der Waals surface area contributed by atoms with Crippen LogP contribution < -0.4 is 0 Å². The second-order valence-electron chi connectivity index (χ2n) is 11.9. The Morgan fingerprint density at radius 3 is 1.75 bits per heavy atom. The fraction of sp³-hybridized carbons (Fsp3) is 1.00. The van der Waals surface area contributed by atoms with Crippen molar-refractivity contribution in [2.24, 2.45) is 5.92 Å². The van der Waals surface area contributed by atoms with Gasteiger partial charge in [-0.25, -0.2) is 0 Å². The Hall–Kier alpha value is 0.468. The van der Waals surface area contributed by atoms with Crippen molar-refractivity contribution in [3.05, 3.63) is 0 Å². The minimum absolute atomic E-state index is 0.0210. The molecule has 5 unspecified atom stereocenters. The van der Waals surface area contributed by atoms with Gasteiger partial charge in [0.05, 0.1) is 12.2 Å². The molecule has 14 heteroatoms. The monoisotopic (exact) mass is 640 g/mol. The first-order valence-electron chi connectivity index (χ1n) is 15.1. The molecule has 0 aromatic carbocycles. The quantitative estimate of drug-likeness (QED) is 0.110. The first-order chi connectivity index (χ1) is 19.1. The van der Waals surface area contributed by atoms with Crippen molar-refractivity contribution >= 4 is 36.2 Å². The SMILES string of the molecule is COC(OC)[SiH2]CN1CC(CCCCCCC(C)C2CN(C[SiH2]C(OC)OC)C[Si](C)(OC)O2)O[Si](C)(OC)C1. The van der Waals surface area contributed by atoms with E-state index in [1.165, 1.54) is 32.1 Å². The molecule has 2 aliphatic heterocycles. The number of unbranched alkanes of at least 4 members (excludes halogenated alkanes) is 3. The maximum atomic E-state index is 6.61. The lowest BCUT2D eigenvalue weighted by atomic mass is 9.96.